The second-order valence-electron chi connectivity index (χ2n) is 4.56. The van der Waals surface area contributed by atoms with Gasteiger partial charge in [0.25, 0.3) is 5.91 Å². The Bertz CT molecular complexity index is 644. The third kappa shape index (κ3) is 4.45. The first-order valence-electron chi connectivity index (χ1n) is 6.70. The molecule has 0 radical (unpaired) electrons. The van der Waals surface area contributed by atoms with E-state index in [1.54, 1.807) is 0 Å². The summed E-state index contributed by atoms with van der Waals surface area (Å²) >= 11 is 2.22. The summed E-state index contributed by atoms with van der Waals surface area (Å²) in [6.07, 6.45) is 0. The van der Waals surface area contributed by atoms with E-state index in [0.29, 0.717) is 0 Å². The molecule has 0 fully saturated rings. The molecule has 2 aromatic carbocycles. The zero-order valence-corrected chi connectivity index (χ0v) is 14.1. The highest BCUT2D eigenvalue weighted by atomic mass is 127. The molecule has 0 unspecified atom stereocenters. The minimum absolute atomic E-state index is 0.413. The molecule has 0 aliphatic carbocycles. The van der Waals surface area contributed by atoms with Crippen molar-refractivity contribution in [3.8, 4) is 0 Å². The van der Waals surface area contributed by atoms with Crippen LogP contribution in [0.1, 0.15) is 11.6 Å². The number of rotatable bonds is 4. The fourth-order valence-corrected chi connectivity index (χ4v) is 2.26. The van der Waals surface area contributed by atoms with Gasteiger partial charge in [0, 0.05) is 16.3 Å². The first kappa shape index (κ1) is 16.3. The van der Waals surface area contributed by atoms with Gasteiger partial charge in [-0.1, -0.05) is 30.3 Å². The lowest BCUT2D eigenvalue weighted by Crippen LogP contribution is -2.42. The predicted molar refractivity (Wildman–Crippen MR) is 94.6 cm³/mol. The molecule has 0 saturated carbocycles. The van der Waals surface area contributed by atoms with Gasteiger partial charge < -0.3 is 10.6 Å². The molecule has 0 aromatic heterocycles. The van der Waals surface area contributed by atoms with E-state index in [9.17, 15) is 9.59 Å². The Labute approximate surface area is 142 Å². The molecule has 0 heterocycles. The maximum atomic E-state index is 12.3. The summed E-state index contributed by atoms with van der Waals surface area (Å²) in [7, 11) is 1.46. The van der Waals surface area contributed by atoms with Gasteiger partial charge in [-0.05, 0) is 52.4 Å². The second-order valence-corrected chi connectivity index (χ2v) is 5.81. The topological polar surface area (TPSA) is 70.2 Å². The van der Waals surface area contributed by atoms with E-state index in [-0.39, 0.29) is 0 Å². The smallest absolute Gasteiger partial charge is 0.321 e. The summed E-state index contributed by atoms with van der Waals surface area (Å²) in [4.78, 5) is 23.7. The molecule has 2 rings (SSSR count). The number of amides is 3. The molecular formula is C16H16IN3O2. The van der Waals surface area contributed by atoms with Crippen LogP contribution in [0.5, 0.6) is 0 Å². The van der Waals surface area contributed by atoms with Gasteiger partial charge in [0.15, 0.2) is 0 Å². The molecule has 2 aromatic rings. The number of anilines is 1. The highest BCUT2D eigenvalue weighted by Crippen LogP contribution is 2.20. The van der Waals surface area contributed by atoms with E-state index >= 15 is 0 Å². The number of urea groups is 1. The zero-order valence-electron chi connectivity index (χ0n) is 12.0. The van der Waals surface area contributed by atoms with E-state index in [1.807, 2.05) is 54.6 Å². The monoisotopic (exact) mass is 409 g/mol. The fourth-order valence-electron chi connectivity index (χ4n) is 1.91. The number of hydrogen-bond donors (Lipinski definition) is 3. The van der Waals surface area contributed by atoms with E-state index < -0.39 is 18.0 Å². The van der Waals surface area contributed by atoms with Crippen molar-refractivity contribution in [1.29, 1.82) is 0 Å². The molecule has 5 nitrogen and oxygen atoms in total. The molecule has 22 heavy (non-hydrogen) atoms. The molecule has 3 amide bonds. The normalized spacial score (nSPS) is 11.4. The number of hydrogen-bond acceptors (Lipinski definition) is 3. The maximum Gasteiger partial charge on any atom is 0.321 e. The Morgan fingerprint density at radius 3 is 2.23 bits per heavy atom. The summed E-state index contributed by atoms with van der Waals surface area (Å²) < 4.78 is 1.11. The van der Waals surface area contributed by atoms with Crippen LogP contribution in [0.25, 0.3) is 0 Å². The van der Waals surface area contributed by atoms with E-state index in [0.717, 1.165) is 14.8 Å². The molecule has 0 aliphatic heterocycles. The number of carbonyl (C=O) groups excluding carboxylic acids is 2. The van der Waals surface area contributed by atoms with Crippen LogP contribution in [0.15, 0.2) is 54.6 Å². The number of benzene rings is 2. The van der Waals surface area contributed by atoms with Crippen molar-refractivity contribution in [2.24, 2.45) is 0 Å². The average Bonchev–Trinajstić information content (AvgIpc) is 2.54. The summed E-state index contributed by atoms with van der Waals surface area (Å²) in [5, 5.41) is 7.84. The second kappa shape index (κ2) is 7.79. The van der Waals surface area contributed by atoms with Crippen molar-refractivity contribution in [3.05, 3.63) is 63.7 Å². The van der Waals surface area contributed by atoms with Crippen LogP contribution < -0.4 is 16.0 Å². The van der Waals surface area contributed by atoms with Gasteiger partial charge >= 0.3 is 6.03 Å². The van der Waals surface area contributed by atoms with Crippen LogP contribution in [-0.2, 0) is 4.79 Å². The third-order valence-electron chi connectivity index (χ3n) is 3.01. The number of halogens is 1. The van der Waals surface area contributed by atoms with E-state index in [2.05, 4.69) is 38.5 Å². The summed E-state index contributed by atoms with van der Waals surface area (Å²) in [5.74, 6) is -0.413. The molecule has 114 valence electrons. The van der Waals surface area contributed by atoms with Crippen molar-refractivity contribution < 1.29 is 9.59 Å². The van der Waals surface area contributed by atoms with Crippen molar-refractivity contribution in [2.45, 2.75) is 6.04 Å². The minimum Gasteiger partial charge on any atom is -0.370 e. The van der Waals surface area contributed by atoms with Crippen molar-refractivity contribution in [1.82, 2.24) is 10.6 Å². The lowest BCUT2D eigenvalue weighted by Gasteiger charge is -2.19. The molecule has 1 atom stereocenters. The number of imide groups is 1. The highest BCUT2D eigenvalue weighted by Gasteiger charge is 2.21. The Kier molecular flexibility index (Phi) is 5.76. The van der Waals surface area contributed by atoms with E-state index in [1.165, 1.54) is 7.05 Å². The van der Waals surface area contributed by atoms with Crippen LogP contribution in [0, 0.1) is 3.57 Å². The summed E-state index contributed by atoms with van der Waals surface area (Å²) in [6.45, 7) is 0. The summed E-state index contributed by atoms with van der Waals surface area (Å²) in [5.41, 5.74) is 1.59. The van der Waals surface area contributed by atoms with Crippen molar-refractivity contribution >= 4 is 40.2 Å². The minimum atomic E-state index is -0.654. The third-order valence-corrected chi connectivity index (χ3v) is 3.73. The zero-order chi connectivity index (χ0) is 15.9. The highest BCUT2D eigenvalue weighted by molar-refractivity contribution is 14.1. The van der Waals surface area contributed by atoms with Crippen LogP contribution >= 0.6 is 22.6 Å². The molecule has 3 N–H and O–H groups in total. The fraction of sp³-hybridized carbons (Fsp3) is 0.125. The Morgan fingerprint density at radius 2 is 1.64 bits per heavy atom. The maximum absolute atomic E-state index is 12.3. The summed E-state index contributed by atoms with van der Waals surface area (Å²) in [6, 6.07) is 15.8. The standard InChI is InChI=1S/C16H16IN3O2/c1-18-16(22)20-15(21)14(11-5-3-2-4-6-11)19-13-9-7-12(17)8-10-13/h2-10,14,19H,1H3,(H2,18,20,21,22)/t14-/m1/s1. The van der Waals surface area contributed by atoms with Crippen molar-refractivity contribution in [2.75, 3.05) is 12.4 Å². The van der Waals surface area contributed by atoms with Gasteiger partial charge in [-0.25, -0.2) is 4.79 Å². The van der Waals surface area contributed by atoms with Crippen LogP contribution in [0.3, 0.4) is 0 Å². The first-order valence-corrected chi connectivity index (χ1v) is 7.77. The largest absolute Gasteiger partial charge is 0.370 e. The first-order chi connectivity index (χ1) is 10.6. The molecule has 0 spiro atoms. The average molecular weight is 409 g/mol. The Balaban J connectivity index is 2.23. The van der Waals surface area contributed by atoms with Crippen LogP contribution in [0.4, 0.5) is 10.5 Å². The number of carbonyl (C=O) groups is 2. The predicted octanol–water partition coefficient (Wildman–Crippen LogP) is 2.90. The quantitative estimate of drug-likeness (QED) is 0.681. The molecule has 6 heteroatoms. The van der Waals surface area contributed by atoms with Crippen molar-refractivity contribution in [3.63, 3.8) is 0 Å². The molecule has 0 bridgehead atoms. The molecule has 0 saturated heterocycles. The van der Waals surface area contributed by atoms with Gasteiger partial charge in [0.05, 0.1) is 0 Å². The van der Waals surface area contributed by atoms with Crippen LogP contribution in [-0.4, -0.2) is 19.0 Å². The van der Waals surface area contributed by atoms with Gasteiger partial charge in [-0.3, -0.25) is 10.1 Å². The number of nitrogens with one attached hydrogen (secondary N) is 3. The lowest BCUT2D eigenvalue weighted by atomic mass is 10.1. The van der Waals surface area contributed by atoms with Gasteiger partial charge in [0.2, 0.25) is 0 Å². The molecule has 0 aliphatic rings. The lowest BCUT2D eigenvalue weighted by molar-refractivity contribution is -0.120. The Morgan fingerprint density at radius 1 is 1.00 bits per heavy atom. The Hall–Kier alpha value is -2.09. The van der Waals surface area contributed by atoms with Crippen LogP contribution in [0.2, 0.25) is 0 Å². The molecular weight excluding hydrogens is 393 g/mol. The van der Waals surface area contributed by atoms with Gasteiger partial charge in [-0.15, -0.1) is 0 Å². The van der Waals surface area contributed by atoms with Gasteiger partial charge in [0.1, 0.15) is 6.04 Å². The van der Waals surface area contributed by atoms with E-state index in [4.69, 9.17) is 0 Å². The van der Waals surface area contributed by atoms with Gasteiger partial charge in [-0.2, -0.15) is 0 Å². The SMILES string of the molecule is CNC(=O)NC(=O)[C@H](Nc1ccc(I)cc1)c1ccccc1.